The summed E-state index contributed by atoms with van der Waals surface area (Å²) in [6.07, 6.45) is 20.7. The Bertz CT molecular complexity index is 661. The lowest BCUT2D eigenvalue weighted by molar-refractivity contribution is -0.142. The summed E-state index contributed by atoms with van der Waals surface area (Å²) in [4.78, 5) is 35.0. The highest BCUT2D eigenvalue weighted by Crippen LogP contribution is 2.21. The summed E-state index contributed by atoms with van der Waals surface area (Å²) in [5.41, 5.74) is 0. The molecule has 0 saturated heterocycles. The maximum absolute atomic E-state index is 11.8. The number of ketones is 2. The van der Waals surface area contributed by atoms with Crippen LogP contribution in [0, 0.1) is 0 Å². The summed E-state index contributed by atoms with van der Waals surface area (Å²) < 4.78 is 4.90. The Morgan fingerprint density at radius 3 is 2.07 bits per heavy atom. The molecule has 0 aliphatic heterocycles. The second kappa shape index (κ2) is 15.9. The minimum absolute atomic E-state index is 0.162. The van der Waals surface area contributed by atoms with Crippen molar-refractivity contribution in [3.8, 4) is 0 Å². The van der Waals surface area contributed by atoms with Gasteiger partial charge in [0, 0.05) is 12.5 Å². The van der Waals surface area contributed by atoms with Crippen LogP contribution in [0.5, 0.6) is 0 Å². The Morgan fingerprint density at radius 1 is 0.933 bits per heavy atom. The number of esters is 1. The monoisotopic (exact) mass is 438 g/mol. The maximum atomic E-state index is 11.8. The molecule has 0 spiro atoms. The molecule has 0 unspecified atom stereocenters. The number of rotatable bonds is 16. The maximum Gasteiger partial charge on any atom is 0.311 e. The molecule has 0 fully saturated rings. The summed E-state index contributed by atoms with van der Waals surface area (Å²) in [5.74, 6) is -3.64. The number of aliphatic hydroxyl groups is 1. The van der Waals surface area contributed by atoms with Crippen LogP contribution in [0.25, 0.3) is 0 Å². The van der Waals surface area contributed by atoms with Crippen molar-refractivity contribution in [3.63, 3.8) is 0 Å². The van der Waals surface area contributed by atoms with Gasteiger partial charge in [-0.15, -0.1) is 0 Å². The second-order valence-corrected chi connectivity index (χ2v) is 8.05. The number of hydrogen-bond donors (Lipinski definition) is 1. The van der Waals surface area contributed by atoms with E-state index in [1.165, 1.54) is 44.9 Å². The van der Waals surface area contributed by atoms with Crippen molar-refractivity contribution >= 4 is 29.1 Å². The fraction of sp³-hybridized carbons (Fsp3) is 0.625. The Balaban J connectivity index is 2.00. The van der Waals surface area contributed by atoms with Gasteiger partial charge in [-0.2, -0.15) is 0 Å². The highest BCUT2D eigenvalue weighted by Gasteiger charge is 2.30. The van der Waals surface area contributed by atoms with E-state index in [1.807, 2.05) is 0 Å². The van der Waals surface area contributed by atoms with E-state index < -0.39 is 34.1 Å². The fourth-order valence-corrected chi connectivity index (χ4v) is 3.31. The summed E-state index contributed by atoms with van der Waals surface area (Å²) in [5, 5.41) is 8.90. The fourth-order valence-electron chi connectivity index (χ4n) is 3.17. The van der Waals surface area contributed by atoms with Crippen molar-refractivity contribution in [2.45, 2.75) is 96.8 Å². The van der Waals surface area contributed by atoms with Crippen LogP contribution in [0.3, 0.4) is 0 Å². The number of Topliss-reactive ketones (excluding diaryl/α,β-unsaturated/α-hetero) is 1. The molecule has 0 bridgehead atoms. The first-order valence-corrected chi connectivity index (χ1v) is 11.6. The lowest BCUT2D eigenvalue weighted by Gasteiger charge is -2.11. The highest BCUT2D eigenvalue weighted by molar-refractivity contribution is 6.48. The molecule has 0 heterocycles. The predicted molar refractivity (Wildman–Crippen MR) is 119 cm³/mol. The van der Waals surface area contributed by atoms with Crippen molar-refractivity contribution in [2.24, 2.45) is 0 Å². The third-order valence-corrected chi connectivity index (χ3v) is 5.36. The van der Waals surface area contributed by atoms with Crippen LogP contribution in [0.1, 0.15) is 96.8 Å². The van der Waals surface area contributed by atoms with Crippen LogP contribution in [-0.4, -0.2) is 22.6 Å². The molecule has 6 heteroatoms. The van der Waals surface area contributed by atoms with Crippen LogP contribution >= 0.6 is 11.6 Å². The average Bonchev–Trinajstić information content (AvgIpc) is 2.73. The van der Waals surface area contributed by atoms with Gasteiger partial charge in [-0.1, -0.05) is 82.0 Å². The summed E-state index contributed by atoms with van der Waals surface area (Å²) in [7, 11) is 0. The molecule has 0 aromatic rings. The lowest BCUT2D eigenvalue weighted by Crippen LogP contribution is -2.20. The first-order chi connectivity index (χ1) is 14.5. The predicted octanol–water partition coefficient (Wildman–Crippen LogP) is 6.61. The zero-order chi connectivity index (χ0) is 22.2. The van der Waals surface area contributed by atoms with Crippen molar-refractivity contribution in [2.75, 3.05) is 0 Å². The largest absolute Gasteiger partial charge is 0.503 e. The molecule has 0 aromatic heterocycles. The van der Waals surface area contributed by atoms with E-state index in [0.29, 0.717) is 6.42 Å². The molecule has 1 rings (SSSR count). The number of carbonyl (C=O) groups is 3. The number of ether oxygens (including phenoxy) is 1. The molecule has 0 amide bonds. The summed E-state index contributed by atoms with van der Waals surface area (Å²) in [6, 6.07) is 0. The third kappa shape index (κ3) is 10.8. The van der Waals surface area contributed by atoms with Crippen LogP contribution in [-0.2, 0) is 19.1 Å². The van der Waals surface area contributed by atoms with E-state index >= 15 is 0 Å². The zero-order valence-electron chi connectivity index (χ0n) is 18.1. The van der Waals surface area contributed by atoms with Gasteiger partial charge in [0.05, 0.1) is 0 Å². The number of aliphatic hydroxyl groups excluding tert-OH is 1. The van der Waals surface area contributed by atoms with E-state index in [-0.39, 0.29) is 6.42 Å². The quantitative estimate of drug-likeness (QED) is 0.127. The number of carbonyl (C=O) groups excluding carboxylic acids is 3. The van der Waals surface area contributed by atoms with Crippen molar-refractivity contribution in [3.05, 3.63) is 34.8 Å². The van der Waals surface area contributed by atoms with Gasteiger partial charge < -0.3 is 9.84 Å². The van der Waals surface area contributed by atoms with Gasteiger partial charge >= 0.3 is 5.97 Å². The molecule has 1 aliphatic carbocycles. The number of allylic oxidation sites excluding steroid dienone is 4. The molecule has 168 valence electrons. The molecule has 30 heavy (non-hydrogen) atoms. The zero-order valence-corrected chi connectivity index (χ0v) is 18.8. The van der Waals surface area contributed by atoms with Crippen LogP contribution in [0.4, 0.5) is 0 Å². The van der Waals surface area contributed by atoms with E-state index in [1.54, 1.807) is 0 Å². The molecular formula is C24H35ClO5. The van der Waals surface area contributed by atoms with E-state index in [9.17, 15) is 19.5 Å². The van der Waals surface area contributed by atoms with Gasteiger partial charge in [-0.05, 0) is 32.1 Å². The lowest BCUT2D eigenvalue weighted by atomic mass is 10.1. The Labute approximate surface area is 185 Å². The Kier molecular flexibility index (Phi) is 13.9. The van der Waals surface area contributed by atoms with Gasteiger partial charge in [-0.3, -0.25) is 14.4 Å². The first kappa shape index (κ1) is 26.2. The number of halogens is 1. The van der Waals surface area contributed by atoms with Crippen molar-refractivity contribution < 1.29 is 24.2 Å². The highest BCUT2D eigenvalue weighted by atomic mass is 35.5. The van der Waals surface area contributed by atoms with Crippen molar-refractivity contribution in [1.82, 2.24) is 0 Å². The number of unbranched alkanes of at least 4 members (excludes halogenated alkanes) is 11. The second-order valence-electron chi connectivity index (χ2n) is 7.67. The summed E-state index contributed by atoms with van der Waals surface area (Å²) >= 11 is 5.49. The Hall–Kier alpha value is -1.88. The smallest absolute Gasteiger partial charge is 0.311 e. The van der Waals surface area contributed by atoms with E-state index in [2.05, 4.69) is 19.1 Å². The van der Waals surface area contributed by atoms with Gasteiger partial charge in [-0.25, -0.2) is 0 Å². The molecule has 0 saturated carbocycles. The molecule has 0 radical (unpaired) electrons. The standard InChI is InChI=1S/C24H35ClO5/c1-2-3-4-5-6-7-8-9-10-11-12-13-14-15-16-17-21(27)30-20-18-19(26)22(25)24(29)23(20)28/h9-10,18,29H,2-8,11-17H2,1H3/b10-9+. The number of hydrogen-bond acceptors (Lipinski definition) is 5. The van der Waals surface area contributed by atoms with Crippen LogP contribution in [0.15, 0.2) is 34.8 Å². The summed E-state index contributed by atoms with van der Waals surface area (Å²) in [6.45, 7) is 2.24. The third-order valence-electron chi connectivity index (χ3n) is 4.99. The molecule has 1 aliphatic rings. The first-order valence-electron chi connectivity index (χ1n) is 11.2. The minimum Gasteiger partial charge on any atom is -0.503 e. The topological polar surface area (TPSA) is 80.7 Å². The van der Waals surface area contributed by atoms with E-state index in [0.717, 1.165) is 38.2 Å². The molecular weight excluding hydrogens is 404 g/mol. The van der Waals surface area contributed by atoms with E-state index in [4.69, 9.17) is 16.3 Å². The van der Waals surface area contributed by atoms with Gasteiger partial charge in [0.25, 0.3) is 5.78 Å². The normalized spacial score (nSPS) is 14.5. The van der Waals surface area contributed by atoms with Gasteiger partial charge in [0.1, 0.15) is 5.03 Å². The van der Waals surface area contributed by atoms with Crippen LogP contribution < -0.4 is 0 Å². The average molecular weight is 439 g/mol. The molecule has 5 nitrogen and oxygen atoms in total. The molecule has 0 aromatic carbocycles. The van der Waals surface area contributed by atoms with Gasteiger partial charge in [0.2, 0.25) is 5.78 Å². The van der Waals surface area contributed by atoms with Crippen molar-refractivity contribution in [1.29, 1.82) is 0 Å². The SMILES string of the molecule is CCCCCCCC/C=C/CCCCCCCC(=O)OC1=CC(=O)C(Cl)=C(O)C1=O. The molecule has 0 atom stereocenters. The van der Waals surface area contributed by atoms with Gasteiger partial charge in [0.15, 0.2) is 11.5 Å². The Morgan fingerprint density at radius 2 is 1.47 bits per heavy atom. The molecule has 1 N–H and O–H groups in total. The minimum atomic E-state index is -0.947. The van der Waals surface area contributed by atoms with Crippen LogP contribution in [0.2, 0.25) is 0 Å².